The molecule has 4 aromatic rings. The molecule has 0 unspecified atom stereocenters. The van der Waals surface area contributed by atoms with Crippen molar-refractivity contribution in [3.05, 3.63) is 174 Å². The van der Waals surface area contributed by atoms with Crippen molar-refractivity contribution in [2.45, 2.75) is 0 Å². The molecule has 2 aliphatic carbocycles. The molecule has 0 heterocycles. The average Bonchev–Trinajstić information content (AvgIpc) is 3.68. The van der Waals surface area contributed by atoms with Crippen molar-refractivity contribution in [1.82, 2.24) is 0 Å². The van der Waals surface area contributed by atoms with Crippen molar-refractivity contribution < 1.29 is 35.8 Å². The number of rotatable bonds is 6. The van der Waals surface area contributed by atoms with Crippen LogP contribution in [0.4, 0.5) is 0 Å². The van der Waals surface area contributed by atoms with E-state index in [2.05, 4.69) is 0 Å². The maximum atomic E-state index is 13.7. The molecular weight excluding hydrogens is 591 g/mol. The Balaban J connectivity index is 0.000000670. The maximum Gasteiger partial charge on any atom is 0.314 e. The van der Waals surface area contributed by atoms with Crippen LogP contribution in [0.3, 0.4) is 0 Å². The van der Waals surface area contributed by atoms with Crippen LogP contribution in [0, 0.1) is 18.3 Å². The van der Waals surface area contributed by atoms with E-state index in [0.29, 0.717) is 0 Å². The van der Waals surface area contributed by atoms with Crippen LogP contribution in [0.5, 0.6) is 0 Å². The molecule has 0 saturated carbocycles. The van der Waals surface area contributed by atoms with E-state index in [4.69, 9.17) is 9.47 Å². The van der Waals surface area contributed by atoms with Crippen LogP contribution in [-0.4, -0.2) is 26.2 Å². The van der Waals surface area contributed by atoms with Gasteiger partial charge >= 0.3 is 11.9 Å². The third kappa shape index (κ3) is 6.91. The van der Waals surface area contributed by atoms with Gasteiger partial charge in [0.15, 0.2) is 0 Å². The summed E-state index contributed by atoms with van der Waals surface area (Å²) < 4.78 is 10.7. The van der Waals surface area contributed by atoms with Crippen molar-refractivity contribution in [2.24, 2.45) is 11.8 Å². The zero-order chi connectivity index (χ0) is 30.0. The molecule has 0 fully saturated rings. The van der Waals surface area contributed by atoms with E-state index < -0.39 is 23.8 Å². The van der Waals surface area contributed by atoms with E-state index in [0.717, 1.165) is 44.5 Å². The van der Waals surface area contributed by atoms with E-state index in [-0.39, 0.29) is 16.8 Å². The Bertz CT molecular complexity index is 1540. The Morgan fingerprint density at radius 2 is 0.750 bits per heavy atom. The summed E-state index contributed by atoms with van der Waals surface area (Å²) in [6.07, 6.45) is 10.0. The zero-order valence-corrected chi connectivity index (χ0v) is 25.6. The molecular formula is C39H33CoO4. The molecule has 222 valence electrons. The first kappa shape index (κ1) is 32.2. The fourth-order valence-corrected chi connectivity index (χ4v) is 5.69. The van der Waals surface area contributed by atoms with E-state index in [1.807, 2.05) is 152 Å². The molecule has 6 rings (SSSR count). The van der Waals surface area contributed by atoms with Gasteiger partial charge in [0.2, 0.25) is 0 Å². The first-order chi connectivity index (χ1) is 21.2. The summed E-state index contributed by atoms with van der Waals surface area (Å²) in [7, 11) is 2.72. The molecule has 44 heavy (non-hydrogen) atoms. The normalized spacial score (nSPS) is 16.9. The molecule has 0 spiro atoms. The number of esters is 2. The fraction of sp³-hybridized carbons (Fsp3) is 0.103. The molecule has 5 heteroatoms. The number of hydrogen-bond donors (Lipinski definition) is 0. The van der Waals surface area contributed by atoms with Crippen molar-refractivity contribution in [1.29, 1.82) is 0 Å². The van der Waals surface area contributed by atoms with Crippen molar-refractivity contribution in [3.8, 4) is 0 Å². The van der Waals surface area contributed by atoms with Crippen LogP contribution in [0.25, 0.3) is 22.3 Å². The monoisotopic (exact) mass is 624 g/mol. The van der Waals surface area contributed by atoms with Gasteiger partial charge in [-0.3, -0.25) is 9.59 Å². The molecule has 2 aliphatic rings. The van der Waals surface area contributed by atoms with Crippen LogP contribution in [0.1, 0.15) is 22.3 Å². The smallest absolute Gasteiger partial charge is 0.314 e. The fourth-order valence-electron chi connectivity index (χ4n) is 5.69. The summed E-state index contributed by atoms with van der Waals surface area (Å²) in [6.45, 7) is 0. The van der Waals surface area contributed by atoms with Gasteiger partial charge in [-0.25, -0.2) is 0 Å². The number of allylic oxidation sites excluding steroid dienone is 6. The summed E-state index contributed by atoms with van der Waals surface area (Å²) in [5.41, 5.74) is 6.81. The summed E-state index contributed by atoms with van der Waals surface area (Å²) in [4.78, 5) is 27.4. The third-order valence-corrected chi connectivity index (χ3v) is 7.50. The topological polar surface area (TPSA) is 52.6 Å². The third-order valence-electron chi connectivity index (χ3n) is 7.50. The molecule has 0 aromatic heterocycles. The minimum absolute atomic E-state index is 0. The molecule has 0 aliphatic heterocycles. The summed E-state index contributed by atoms with van der Waals surface area (Å²) >= 11 is 0. The van der Waals surface area contributed by atoms with Crippen molar-refractivity contribution >= 4 is 34.2 Å². The molecule has 0 N–H and O–H groups in total. The summed E-state index contributed by atoms with van der Waals surface area (Å²) in [6, 6.07) is 39.5. The van der Waals surface area contributed by atoms with Gasteiger partial charge < -0.3 is 9.47 Å². The largest absolute Gasteiger partial charge is 0.469 e. The Morgan fingerprint density at radius 1 is 0.455 bits per heavy atom. The van der Waals surface area contributed by atoms with Crippen LogP contribution in [-0.2, 0) is 35.8 Å². The van der Waals surface area contributed by atoms with Gasteiger partial charge in [0.1, 0.15) is 11.8 Å². The minimum Gasteiger partial charge on any atom is -0.469 e. The van der Waals surface area contributed by atoms with Gasteiger partial charge in [0.25, 0.3) is 0 Å². The second-order valence-electron chi connectivity index (χ2n) is 10.0. The predicted molar refractivity (Wildman–Crippen MR) is 173 cm³/mol. The summed E-state index contributed by atoms with van der Waals surface area (Å²) in [5, 5.41) is 0. The molecule has 0 amide bonds. The molecule has 2 radical (unpaired) electrons. The standard InChI is InChI=1S/C34H28O4.C5H5.Co/c1-37-33(35)31-29(25-19-11-5-12-20-25)27(23-15-7-3-8-16-23)28(24-17-9-4-10-18-24)30(32(31)34(36)38-2)26-21-13-6-14-22-26;1-2-4-5-3-1;/h3-22,31-32H,1-2H3;1-5H;/t31-,32+;;. The van der Waals surface area contributed by atoms with Crippen LogP contribution < -0.4 is 0 Å². The number of hydrogen-bond acceptors (Lipinski definition) is 4. The quantitative estimate of drug-likeness (QED) is 0.204. The van der Waals surface area contributed by atoms with Gasteiger partial charge in [-0.15, -0.1) is 0 Å². The van der Waals surface area contributed by atoms with Gasteiger partial charge in [-0.2, -0.15) is 0 Å². The Kier molecular flexibility index (Phi) is 11.5. The van der Waals surface area contributed by atoms with Crippen LogP contribution >= 0.6 is 0 Å². The Labute approximate surface area is 269 Å². The number of benzene rings is 4. The van der Waals surface area contributed by atoms with E-state index >= 15 is 0 Å². The first-order valence-corrected chi connectivity index (χ1v) is 14.2. The second kappa shape index (κ2) is 15.7. The van der Waals surface area contributed by atoms with E-state index in [1.54, 1.807) is 0 Å². The molecule has 0 bridgehead atoms. The zero-order valence-electron chi connectivity index (χ0n) is 24.6. The maximum absolute atomic E-state index is 13.7. The van der Waals surface area contributed by atoms with Gasteiger partial charge in [0, 0.05) is 23.2 Å². The number of ether oxygens (including phenoxy) is 2. The molecule has 4 aromatic carbocycles. The minimum atomic E-state index is -0.923. The number of carbonyl (C=O) groups is 2. The number of carbonyl (C=O) groups excluding carboxylic acids is 2. The first-order valence-electron chi connectivity index (χ1n) is 14.2. The number of methoxy groups -OCH3 is 2. The van der Waals surface area contributed by atoms with Gasteiger partial charge in [-0.1, -0.05) is 146 Å². The van der Waals surface area contributed by atoms with E-state index in [1.165, 1.54) is 14.2 Å². The van der Waals surface area contributed by atoms with Crippen molar-refractivity contribution in [3.63, 3.8) is 0 Å². The predicted octanol–water partition coefficient (Wildman–Crippen LogP) is 8.11. The molecule has 0 saturated heterocycles. The SMILES string of the molecule is COC(=O)[C@@H]1C(c2ccccc2)=C(c2ccccc2)C(c2ccccc2)=C(c2ccccc2)[C@@H]1C(=O)OC.[CH]1C=CC=C1.[Co]. The second-order valence-corrected chi connectivity index (χ2v) is 10.0. The molecule has 4 nitrogen and oxygen atoms in total. The van der Waals surface area contributed by atoms with Gasteiger partial charge in [0.05, 0.1) is 14.2 Å². The van der Waals surface area contributed by atoms with Crippen LogP contribution in [0.2, 0.25) is 0 Å². The Hall–Kier alpha value is -4.71. The van der Waals surface area contributed by atoms with Gasteiger partial charge in [-0.05, 0) is 44.5 Å². The summed E-state index contributed by atoms with van der Waals surface area (Å²) in [5.74, 6) is -2.83. The van der Waals surface area contributed by atoms with Crippen molar-refractivity contribution in [2.75, 3.05) is 14.2 Å². The molecule has 2 atom stereocenters. The van der Waals surface area contributed by atoms with E-state index in [9.17, 15) is 9.59 Å². The van der Waals surface area contributed by atoms with Crippen LogP contribution in [0.15, 0.2) is 146 Å². The Morgan fingerprint density at radius 3 is 1.00 bits per heavy atom. The average molecular weight is 625 g/mol.